The van der Waals surface area contributed by atoms with Crippen molar-refractivity contribution < 1.29 is 19.0 Å². The van der Waals surface area contributed by atoms with Crippen LogP contribution in [0.1, 0.15) is 23.6 Å². The Morgan fingerprint density at radius 3 is 2.46 bits per heavy atom. The van der Waals surface area contributed by atoms with Gasteiger partial charge in [0, 0.05) is 6.54 Å². The Morgan fingerprint density at radius 2 is 1.77 bits per heavy atom. The van der Waals surface area contributed by atoms with E-state index in [4.69, 9.17) is 14.2 Å². The van der Waals surface area contributed by atoms with E-state index in [9.17, 15) is 4.79 Å². The molecule has 0 aliphatic heterocycles. The summed E-state index contributed by atoms with van der Waals surface area (Å²) in [5.74, 6) is 1.98. The standard InChI is InChI=1S/C21H27NO4/c1-14-7-6-8-18(15(14)2)26-16(3)21(23)22-12-11-17-9-10-19(24-4)20(13-17)25-5/h6-10,13,16H,11-12H2,1-5H3,(H,22,23)/t16-/m0/s1. The van der Waals surface area contributed by atoms with Gasteiger partial charge in [-0.2, -0.15) is 0 Å². The molecule has 140 valence electrons. The lowest BCUT2D eigenvalue weighted by Crippen LogP contribution is -2.37. The molecule has 2 aromatic carbocycles. The average molecular weight is 357 g/mol. The van der Waals surface area contributed by atoms with Gasteiger partial charge in [-0.25, -0.2) is 0 Å². The second-order valence-electron chi connectivity index (χ2n) is 6.19. The number of carbonyl (C=O) groups excluding carboxylic acids is 1. The molecule has 1 atom stereocenters. The maximum atomic E-state index is 12.3. The third-order valence-corrected chi connectivity index (χ3v) is 4.39. The topological polar surface area (TPSA) is 56.8 Å². The zero-order chi connectivity index (χ0) is 19.1. The van der Waals surface area contributed by atoms with Crippen molar-refractivity contribution in [1.82, 2.24) is 5.32 Å². The largest absolute Gasteiger partial charge is 0.493 e. The van der Waals surface area contributed by atoms with Crippen LogP contribution in [-0.4, -0.2) is 32.8 Å². The first kappa shape index (κ1) is 19.6. The van der Waals surface area contributed by atoms with Crippen molar-refractivity contribution in [1.29, 1.82) is 0 Å². The van der Waals surface area contributed by atoms with Crippen LogP contribution in [0.5, 0.6) is 17.2 Å². The van der Waals surface area contributed by atoms with Crippen molar-refractivity contribution in [3.8, 4) is 17.2 Å². The summed E-state index contributed by atoms with van der Waals surface area (Å²) in [6, 6.07) is 11.6. The number of methoxy groups -OCH3 is 2. The summed E-state index contributed by atoms with van der Waals surface area (Å²) in [6.45, 7) is 6.30. The number of rotatable bonds is 8. The van der Waals surface area contributed by atoms with E-state index in [1.165, 1.54) is 0 Å². The molecular weight excluding hydrogens is 330 g/mol. The monoisotopic (exact) mass is 357 g/mol. The molecule has 0 heterocycles. The van der Waals surface area contributed by atoms with Gasteiger partial charge in [0.2, 0.25) is 0 Å². The molecule has 0 unspecified atom stereocenters. The van der Waals surface area contributed by atoms with E-state index in [1.807, 2.05) is 50.2 Å². The van der Waals surface area contributed by atoms with Gasteiger partial charge in [-0.15, -0.1) is 0 Å². The highest BCUT2D eigenvalue weighted by Gasteiger charge is 2.15. The van der Waals surface area contributed by atoms with Crippen LogP contribution in [-0.2, 0) is 11.2 Å². The van der Waals surface area contributed by atoms with E-state index in [0.717, 1.165) is 22.4 Å². The third kappa shape index (κ3) is 4.91. The summed E-state index contributed by atoms with van der Waals surface area (Å²) in [6.07, 6.45) is 0.142. The zero-order valence-corrected chi connectivity index (χ0v) is 16.1. The lowest BCUT2D eigenvalue weighted by atomic mass is 10.1. The Hall–Kier alpha value is -2.69. The first-order valence-electron chi connectivity index (χ1n) is 8.67. The molecule has 1 amide bonds. The van der Waals surface area contributed by atoms with Crippen LogP contribution in [0.3, 0.4) is 0 Å². The van der Waals surface area contributed by atoms with Crippen molar-refractivity contribution in [3.05, 3.63) is 53.1 Å². The molecule has 2 rings (SSSR count). The maximum absolute atomic E-state index is 12.3. The van der Waals surface area contributed by atoms with Crippen LogP contribution in [0.4, 0.5) is 0 Å². The van der Waals surface area contributed by atoms with E-state index in [0.29, 0.717) is 24.5 Å². The van der Waals surface area contributed by atoms with Gasteiger partial charge in [-0.05, 0) is 62.1 Å². The quantitative estimate of drug-likeness (QED) is 0.786. The zero-order valence-electron chi connectivity index (χ0n) is 16.1. The fourth-order valence-corrected chi connectivity index (χ4v) is 2.61. The fraction of sp³-hybridized carbons (Fsp3) is 0.381. The molecule has 0 aliphatic rings. The first-order valence-corrected chi connectivity index (χ1v) is 8.67. The Labute approximate surface area is 155 Å². The highest BCUT2D eigenvalue weighted by molar-refractivity contribution is 5.80. The minimum Gasteiger partial charge on any atom is -0.493 e. The van der Waals surface area contributed by atoms with E-state index in [-0.39, 0.29) is 5.91 Å². The number of carbonyl (C=O) groups is 1. The van der Waals surface area contributed by atoms with Gasteiger partial charge >= 0.3 is 0 Å². The molecule has 0 radical (unpaired) electrons. The molecule has 26 heavy (non-hydrogen) atoms. The second kappa shape index (κ2) is 9.13. The molecule has 1 N–H and O–H groups in total. The lowest BCUT2D eigenvalue weighted by Gasteiger charge is -2.17. The normalized spacial score (nSPS) is 11.6. The maximum Gasteiger partial charge on any atom is 0.260 e. The molecule has 0 saturated carbocycles. The smallest absolute Gasteiger partial charge is 0.260 e. The third-order valence-electron chi connectivity index (χ3n) is 4.39. The van der Waals surface area contributed by atoms with Crippen LogP contribution >= 0.6 is 0 Å². The van der Waals surface area contributed by atoms with Gasteiger partial charge in [-0.3, -0.25) is 4.79 Å². The molecule has 5 nitrogen and oxygen atoms in total. The molecule has 0 saturated heterocycles. The summed E-state index contributed by atoms with van der Waals surface area (Å²) in [4.78, 5) is 12.3. The van der Waals surface area contributed by atoms with Crippen LogP contribution in [0.15, 0.2) is 36.4 Å². The SMILES string of the molecule is COc1ccc(CCNC(=O)[C@H](C)Oc2cccc(C)c2C)cc1OC. The summed E-state index contributed by atoms with van der Waals surface area (Å²) in [7, 11) is 3.21. The number of hydrogen-bond acceptors (Lipinski definition) is 4. The number of benzene rings is 2. The number of aryl methyl sites for hydroxylation is 1. The Morgan fingerprint density at radius 1 is 1.04 bits per heavy atom. The predicted molar refractivity (Wildman–Crippen MR) is 102 cm³/mol. The number of ether oxygens (including phenoxy) is 3. The molecule has 0 spiro atoms. The fourth-order valence-electron chi connectivity index (χ4n) is 2.61. The van der Waals surface area contributed by atoms with Crippen LogP contribution in [0.2, 0.25) is 0 Å². The number of nitrogens with one attached hydrogen (secondary N) is 1. The minimum atomic E-state index is -0.555. The van der Waals surface area contributed by atoms with Gasteiger partial charge in [-0.1, -0.05) is 18.2 Å². The molecule has 0 aromatic heterocycles. The minimum absolute atomic E-state index is 0.133. The van der Waals surface area contributed by atoms with Crippen LogP contribution in [0.25, 0.3) is 0 Å². The van der Waals surface area contributed by atoms with E-state index >= 15 is 0 Å². The molecule has 2 aromatic rings. The van der Waals surface area contributed by atoms with Gasteiger partial charge < -0.3 is 19.5 Å². The van der Waals surface area contributed by atoms with Gasteiger partial charge in [0.05, 0.1) is 14.2 Å². The Kier molecular flexibility index (Phi) is 6.89. The average Bonchev–Trinajstić information content (AvgIpc) is 2.65. The van der Waals surface area contributed by atoms with Crippen LogP contribution < -0.4 is 19.5 Å². The summed E-state index contributed by atoms with van der Waals surface area (Å²) < 4.78 is 16.3. The molecule has 5 heteroatoms. The van der Waals surface area contributed by atoms with Crippen molar-refractivity contribution in [2.24, 2.45) is 0 Å². The van der Waals surface area contributed by atoms with E-state index in [2.05, 4.69) is 5.32 Å². The van der Waals surface area contributed by atoms with Crippen molar-refractivity contribution in [2.75, 3.05) is 20.8 Å². The van der Waals surface area contributed by atoms with Crippen molar-refractivity contribution in [3.63, 3.8) is 0 Å². The Balaban J connectivity index is 1.87. The molecule has 0 fully saturated rings. The Bertz CT molecular complexity index is 758. The van der Waals surface area contributed by atoms with Crippen LogP contribution in [0, 0.1) is 13.8 Å². The lowest BCUT2D eigenvalue weighted by molar-refractivity contribution is -0.127. The van der Waals surface area contributed by atoms with Gasteiger partial charge in [0.15, 0.2) is 17.6 Å². The number of hydrogen-bond donors (Lipinski definition) is 1. The first-order chi connectivity index (χ1) is 12.5. The summed E-state index contributed by atoms with van der Waals surface area (Å²) >= 11 is 0. The van der Waals surface area contributed by atoms with Crippen molar-refractivity contribution >= 4 is 5.91 Å². The molecular formula is C21H27NO4. The second-order valence-corrected chi connectivity index (χ2v) is 6.19. The van der Waals surface area contributed by atoms with Crippen molar-refractivity contribution in [2.45, 2.75) is 33.3 Å². The number of amides is 1. The summed E-state index contributed by atoms with van der Waals surface area (Å²) in [5.41, 5.74) is 3.26. The highest BCUT2D eigenvalue weighted by atomic mass is 16.5. The van der Waals surface area contributed by atoms with E-state index < -0.39 is 6.10 Å². The van der Waals surface area contributed by atoms with Gasteiger partial charge in [0.1, 0.15) is 5.75 Å². The van der Waals surface area contributed by atoms with E-state index in [1.54, 1.807) is 21.1 Å². The molecule has 0 aliphatic carbocycles. The summed E-state index contributed by atoms with van der Waals surface area (Å²) in [5, 5.41) is 2.92. The predicted octanol–water partition coefficient (Wildman–Crippen LogP) is 3.45. The highest BCUT2D eigenvalue weighted by Crippen LogP contribution is 2.27. The van der Waals surface area contributed by atoms with Gasteiger partial charge in [0.25, 0.3) is 5.91 Å². The molecule has 0 bridgehead atoms.